The fourth-order valence-corrected chi connectivity index (χ4v) is 2.82. The Kier molecular flexibility index (Phi) is 4.44. The van der Waals surface area contributed by atoms with E-state index in [-0.39, 0.29) is 5.82 Å². The lowest BCUT2D eigenvalue weighted by atomic mass is 10.1. The molecule has 0 saturated carbocycles. The van der Waals surface area contributed by atoms with Gasteiger partial charge in [0.2, 0.25) is 5.82 Å². The van der Waals surface area contributed by atoms with Gasteiger partial charge in [-0.2, -0.15) is 0 Å². The Hall–Kier alpha value is -2.27. The van der Waals surface area contributed by atoms with E-state index in [1.807, 2.05) is 6.07 Å². The fourth-order valence-electron chi connectivity index (χ4n) is 2.82. The van der Waals surface area contributed by atoms with Crippen LogP contribution in [0.4, 0.5) is 0 Å². The van der Waals surface area contributed by atoms with Crippen molar-refractivity contribution >= 4 is 5.91 Å². The van der Waals surface area contributed by atoms with Gasteiger partial charge in [-0.3, -0.25) is 9.69 Å². The van der Waals surface area contributed by atoms with Gasteiger partial charge in [0.25, 0.3) is 5.91 Å². The van der Waals surface area contributed by atoms with Gasteiger partial charge < -0.3 is 5.73 Å². The minimum Gasteiger partial charge on any atom is -0.363 e. The number of aryl methyl sites for hydroxylation is 1. The maximum atomic E-state index is 11.2. The Labute approximate surface area is 130 Å². The van der Waals surface area contributed by atoms with Crippen LogP contribution in [0.3, 0.4) is 0 Å². The molecule has 0 spiro atoms. The minimum absolute atomic E-state index is 0.116. The van der Waals surface area contributed by atoms with Crippen LogP contribution in [-0.4, -0.2) is 33.9 Å². The molecule has 0 unspecified atom stereocenters. The third-order valence-corrected chi connectivity index (χ3v) is 4.03. The molecule has 0 aliphatic carbocycles. The van der Waals surface area contributed by atoms with Crippen LogP contribution in [0.5, 0.6) is 0 Å². The lowest BCUT2D eigenvalue weighted by molar-refractivity contribution is 0.0989. The average molecular weight is 296 g/mol. The smallest absolute Gasteiger partial charge is 0.286 e. The molecule has 2 heterocycles. The van der Waals surface area contributed by atoms with Crippen molar-refractivity contribution in [3.63, 3.8) is 0 Å². The van der Waals surface area contributed by atoms with Crippen LogP contribution in [0.25, 0.3) is 0 Å². The second-order valence-corrected chi connectivity index (χ2v) is 5.65. The van der Waals surface area contributed by atoms with E-state index < -0.39 is 5.91 Å². The Balaban J connectivity index is 1.57. The zero-order valence-electron chi connectivity index (χ0n) is 12.5. The molecule has 0 atom stereocenters. The highest BCUT2D eigenvalue weighted by Crippen LogP contribution is 2.17. The van der Waals surface area contributed by atoms with Crippen molar-refractivity contribution in [2.75, 3.05) is 13.1 Å². The molecule has 114 valence electrons. The molecular weight excluding hydrogens is 276 g/mol. The van der Waals surface area contributed by atoms with Crippen molar-refractivity contribution in [1.82, 2.24) is 14.9 Å². The largest absolute Gasteiger partial charge is 0.363 e. The van der Waals surface area contributed by atoms with Gasteiger partial charge in [0.05, 0.1) is 5.69 Å². The van der Waals surface area contributed by atoms with Crippen molar-refractivity contribution in [1.29, 1.82) is 0 Å². The predicted octanol–water partition coefficient (Wildman–Crippen LogP) is 1.57. The molecule has 0 radical (unpaired) electrons. The first-order valence-electron chi connectivity index (χ1n) is 7.63. The summed E-state index contributed by atoms with van der Waals surface area (Å²) in [7, 11) is 0. The van der Waals surface area contributed by atoms with E-state index in [9.17, 15) is 4.79 Å². The first-order valence-corrected chi connectivity index (χ1v) is 7.63. The van der Waals surface area contributed by atoms with E-state index in [0.29, 0.717) is 0 Å². The summed E-state index contributed by atoms with van der Waals surface area (Å²) in [6.45, 7) is 2.82. The lowest BCUT2D eigenvalue weighted by Gasteiger charge is -2.27. The molecule has 2 aromatic rings. The van der Waals surface area contributed by atoms with E-state index in [1.165, 1.54) is 5.56 Å². The minimum atomic E-state index is -0.566. The first kappa shape index (κ1) is 14.7. The highest BCUT2D eigenvalue weighted by atomic mass is 16.1. The number of benzene rings is 1. The molecule has 1 aliphatic rings. The first-order chi connectivity index (χ1) is 10.7. The highest BCUT2D eigenvalue weighted by Gasteiger charge is 2.19. The number of aromatic nitrogens is 2. The quantitative estimate of drug-likeness (QED) is 0.909. The summed E-state index contributed by atoms with van der Waals surface area (Å²) < 4.78 is 0. The van der Waals surface area contributed by atoms with Crippen molar-refractivity contribution in [3.05, 3.63) is 59.2 Å². The topological polar surface area (TPSA) is 72.1 Å². The lowest BCUT2D eigenvalue weighted by Crippen LogP contribution is -2.33. The Morgan fingerprint density at radius 3 is 2.86 bits per heavy atom. The number of hydrogen-bond donors (Lipinski definition) is 1. The van der Waals surface area contributed by atoms with Gasteiger partial charge >= 0.3 is 0 Å². The number of nitrogens with zero attached hydrogens (tertiary/aromatic N) is 3. The molecular formula is C17H20N4O. The van der Waals surface area contributed by atoms with Crippen LogP contribution < -0.4 is 5.73 Å². The van der Waals surface area contributed by atoms with Gasteiger partial charge in [0.15, 0.2) is 0 Å². The number of amides is 1. The van der Waals surface area contributed by atoms with Crippen LogP contribution in [0, 0.1) is 0 Å². The maximum Gasteiger partial charge on any atom is 0.286 e. The van der Waals surface area contributed by atoms with Crippen LogP contribution >= 0.6 is 0 Å². The number of primary amides is 1. The van der Waals surface area contributed by atoms with Gasteiger partial charge in [0, 0.05) is 19.3 Å². The summed E-state index contributed by atoms with van der Waals surface area (Å²) in [5.74, 6) is -0.450. The molecule has 2 N–H and O–H groups in total. The van der Waals surface area contributed by atoms with Crippen LogP contribution in [0.1, 0.15) is 33.9 Å². The predicted molar refractivity (Wildman–Crippen MR) is 84.3 cm³/mol. The Morgan fingerprint density at radius 1 is 1.27 bits per heavy atom. The molecule has 1 aromatic carbocycles. The molecule has 0 bridgehead atoms. The van der Waals surface area contributed by atoms with Crippen molar-refractivity contribution < 1.29 is 4.79 Å². The van der Waals surface area contributed by atoms with Gasteiger partial charge in [-0.25, -0.2) is 9.97 Å². The number of nitrogens with two attached hydrogens (primary N) is 1. The van der Waals surface area contributed by atoms with E-state index in [0.717, 1.165) is 50.2 Å². The van der Waals surface area contributed by atoms with E-state index in [2.05, 4.69) is 39.1 Å². The summed E-state index contributed by atoms with van der Waals surface area (Å²) in [4.78, 5) is 21.9. The van der Waals surface area contributed by atoms with Gasteiger partial charge in [0.1, 0.15) is 0 Å². The van der Waals surface area contributed by atoms with Gasteiger partial charge in [-0.15, -0.1) is 0 Å². The number of carbonyl (C=O) groups excluding carboxylic acids is 1. The summed E-state index contributed by atoms with van der Waals surface area (Å²) in [5.41, 5.74) is 8.69. The number of rotatable bonds is 5. The van der Waals surface area contributed by atoms with Crippen LogP contribution in [0.15, 0.2) is 36.5 Å². The fraction of sp³-hybridized carbons (Fsp3) is 0.353. The zero-order valence-corrected chi connectivity index (χ0v) is 12.5. The highest BCUT2D eigenvalue weighted by molar-refractivity contribution is 5.88. The molecule has 1 amide bonds. The molecule has 5 heteroatoms. The summed E-state index contributed by atoms with van der Waals surface area (Å²) >= 11 is 0. The second kappa shape index (κ2) is 6.66. The zero-order chi connectivity index (χ0) is 15.4. The molecule has 0 saturated heterocycles. The van der Waals surface area contributed by atoms with Gasteiger partial charge in [-0.1, -0.05) is 30.3 Å². The monoisotopic (exact) mass is 296 g/mol. The molecule has 1 aromatic heterocycles. The van der Waals surface area contributed by atoms with Gasteiger partial charge in [-0.05, 0) is 36.9 Å². The molecule has 22 heavy (non-hydrogen) atoms. The average Bonchev–Trinajstić information content (AvgIpc) is 2.55. The standard InChI is InChI=1S/C17H20N4O/c18-16(22)17-19-11-14-8-10-21(12-15(14)20-17)9-4-7-13-5-2-1-3-6-13/h1-3,5-6,11H,4,7-10,12H2,(H2,18,22). The normalized spacial score (nSPS) is 14.5. The molecule has 1 aliphatic heterocycles. The van der Waals surface area contributed by atoms with E-state index in [1.54, 1.807) is 6.20 Å². The summed E-state index contributed by atoms with van der Waals surface area (Å²) in [5, 5.41) is 0. The summed E-state index contributed by atoms with van der Waals surface area (Å²) in [6, 6.07) is 10.5. The van der Waals surface area contributed by atoms with Crippen molar-refractivity contribution in [2.45, 2.75) is 25.8 Å². The molecule has 3 rings (SSSR count). The number of hydrogen-bond acceptors (Lipinski definition) is 4. The second-order valence-electron chi connectivity index (χ2n) is 5.65. The van der Waals surface area contributed by atoms with Crippen molar-refractivity contribution in [2.24, 2.45) is 5.73 Å². The Bertz CT molecular complexity index is 657. The summed E-state index contributed by atoms with van der Waals surface area (Å²) in [6.07, 6.45) is 4.87. The van der Waals surface area contributed by atoms with Crippen LogP contribution in [-0.2, 0) is 19.4 Å². The van der Waals surface area contributed by atoms with Crippen LogP contribution in [0.2, 0.25) is 0 Å². The SMILES string of the molecule is NC(=O)c1ncc2c(n1)CN(CCCc1ccccc1)CC2. The number of carbonyl (C=O) groups is 1. The van der Waals surface area contributed by atoms with E-state index >= 15 is 0 Å². The maximum absolute atomic E-state index is 11.2. The third-order valence-electron chi connectivity index (χ3n) is 4.03. The Morgan fingerprint density at radius 2 is 2.09 bits per heavy atom. The third kappa shape index (κ3) is 3.49. The molecule has 5 nitrogen and oxygen atoms in total. The number of fused-ring (bicyclic) bond motifs is 1. The molecule has 0 fully saturated rings. The van der Waals surface area contributed by atoms with Crippen molar-refractivity contribution in [3.8, 4) is 0 Å². The van der Waals surface area contributed by atoms with E-state index in [4.69, 9.17) is 5.73 Å².